The van der Waals surface area contributed by atoms with Crippen LogP contribution in [0.2, 0.25) is 0 Å². The van der Waals surface area contributed by atoms with Gasteiger partial charge in [-0.2, -0.15) is 5.10 Å². The van der Waals surface area contributed by atoms with Crippen LogP contribution in [0.15, 0.2) is 82.4 Å². The molecule has 0 aliphatic heterocycles. The molecule has 3 rings (SSSR count). The lowest BCUT2D eigenvalue weighted by molar-refractivity contribution is 0.0950. The second kappa shape index (κ2) is 9.09. The molecule has 1 N–H and O–H groups in total. The van der Waals surface area contributed by atoms with E-state index in [1.807, 2.05) is 30.3 Å². The number of carbonyl (C=O) groups is 1. The number of benzene rings is 3. The Labute approximate surface area is 164 Å². The molecule has 0 spiro atoms. The van der Waals surface area contributed by atoms with E-state index in [4.69, 9.17) is 4.74 Å². The zero-order valence-electron chi connectivity index (χ0n) is 14.2. The summed E-state index contributed by atoms with van der Waals surface area (Å²) in [5.41, 5.74) is 4.00. The van der Waals surface area contributed by atoms with Crippen molar-refractivity contribution in [1.29, 1.82) is 0 Å². The van der Waals surface area contributed by atoms with Crippen LogP contribution in [-0.4, -0.2) is 12.1 Å². The van der Waals surface area contributed by atoms with E-state index in [9.17, 15) is 9.18 Å². The van der Waals surface area contributed by atoms with Crippen molar-refractivity contribution in [2.75, 3.05) is 0 Å². The zero-order chi connectivity index (χ0) is 19.1. The molecule has 0 aliphatic carbocycles. The number of rotatable bonds is 6. The van der Waals surface area contributed by atoms with Crippen molar-refractivity contribution >= 4 is 28.1 Å². The van der Waals surface area contributed by atoms with Gasteiger partial charge in [-0.25, -0.2) is 9.82 Å². The van der Waals surface area contributed by atoms with Crippen LogP contribution in [0, 0.1) is 5.82 Å². The first kappa shape index (κ1) is 18.8. The molecule has 0 unspecified atom stereocenters. The minimum Gasteiger partial charge on any atom is -0.488 e. The molecule has 4 nitrogen and oxygen atoms in total. The molecule has 0 aromatic heterocycles. The Morgan fingerprint density at radius 3 is 2.59 bits per heavy atom. The topological polar surface area (TPSA) is 50.7 Å². The SMILES string of the molecule is O=C(N/N=C\c1ccccc1F)c1cc(Br)ccc1OCc1ccccc1. The molecular formula is C21H16BrFN2O2. The van der Waals surface area contributed by atoms with Gasteiger partial charge in [-0.3, -0.25) is 4.79 Å². The first-order valence-corrected chi connectivity index (χ1v) is 8.97. The largest absolute Gasteiger partial charge is 0.488 e. The number of nitrogens with one attached hydrogen (secondary N) is 1. The lowest BCUT2D eigenvalue weighted by Gasteiger charge is -2.11. The van der Waals surface area contributed by atoms with Crippen LogP contribution >= 0.6 is 15.9 Å². The van der Waals surface area contributed by atoms with Crippen LogP contribution in [0.3, 0.4) is 0 Å². The van der Waals surface area contributed by atoms with Gasteiger partial charge < -0.3 is 4.74 Å². The van der Waals surface area contributed by atoms with Crippen molar-refractivity contribution in [3.8, 4) is 5.75 Å². The van der Waals surface area contributed by atoms with Gasteiger partial charge in [0.25, 0.3) is 5.91 Å². The van der Waals surface area contributed by atoms with Crippen molar-refractivity contribution in [1.82, 2.24) is 5.43 Å². The number of hydrogen-bond acceptors (Lipinski definition) is 3. The Morgan fingerprint density at radius 1 is 1.07 bits per heavy atom. The van der Waals surface area contributed by atoms with Gasteiger partial charge in [-0.1, -0.05) is 64.5 Å². The van der Waals surface area contributed by atoms with Crippen molar-refractivity contribution in [3.63, 3.8) is 0 Å². The molecule has 0 atom stereocenters. The maximum atomic E-state index is 13.6. The minimum atomic E-state index is -0.452. The van der Waals surface area contributed by atoms with E-state index < -0.39 is 11.7 Å². The number of halogens is 2. The monoisotopic (exact) mass is 426 g/mol. The molecule has 0 aliphatic rings. The predicted octanol–water partition coefficient (Wildman–Crippen LogP) is 4.93. The van der Waals surface area contributed by atoms with E-state index in [0.29, 0.717) is 17.9 Å². The maximum absolute atomic E-state index is 13.6. The number of nitrogens with zero attached hydrogens (tertiary/aromatic N) is 1. The first-order chi connectivity index (χ1) is 13.1. The molecule has 6 heteroatoms. The number of hydrazone groups is 1. The van der Waals surface area contributed by atoms with Crippen LogP contribution in [-0.2, 0) is 6.61 Å². The Morgan fingerprint density at radius 2 is 1.81 bits per heavy atom. The maximum Gasteiger partial charge on any atom is 0.275 e. The molecule has 0 heterocycles. The Bertz CT molecular complexity index is 961. The Balaban J connectivity index is 1.71. The Kier molecular flexibility index (Phi) is 6.33. The highest BCUT2D eigenvalue weighted by atomic mass is 79.9. The average Bonchev–Trinajstić information content (AvgIpc) is 2.69. The summed E-state index contributed by atoms with van der Waals surface area (Å²) >= 11 is 3.35. The van der Waals surface area contributed by atoms with Crippen molar-refractivity contribution < 1.29 is 13.9 Å². The second-order valence-electron chi connectivity index (χ2n) is 5.64. The van der Waals surface area contributed by atoms with E-state index >= 15 is 0 Å². The standard InChI is InChI=1S/C21H16BrFN2O2/c22-17-10-11-20(27-14-15-6-2-1-3-7-15)18(12-17)21(26)25-24-13-16-8-4-5-9-19(16)23/h1-13H,14H2,(H,25,26)/b24-13-. The molecule has 1 amide bonds. The van der Waals surface area contributed by atoms with Gasteiger partial charge in [0.2, 0.25) is 0 Å². The van der Waals surface area contributed by atoms with E-state index in [0.717, 1.165) is 10.0 Å². The lowest BCUT2D eigenvalue weighted by atomic mass is 10.2. The molecule has 136 valence electrons. The van der Waals surface area contributed by atoms with Gasteiger partial charge in [-0.05, 0) is 29.8 Å². The van der Waals surface area contributed by atoms with E-state index in [-0.39, 0.29) is 5.56 Å². The summed E-state index contributed by atoms with van der Waals surface area (Å²) in [6.07, 6.45) is 1.26. The lowest BCUT2D eigenvalue weighted by Crippen LogP contribution is -2.19. The van der Waals surface area contributed by atoms with E-state index in [1.165, 1.54) is 12.3 Å². The van der Waals surface area contributed by atoms with Crippen LogP contribution in [0.1, 0.15) is 21.5 Å². The molecule has 3 aromatic rings. The summed E-state index contributed by atoms with van der Waals surface area (Å²) in [7, 11) is 0. The molecule has 0 fully saturated rings. The summed E-state index contributed by atoms with van der Waals surface area (Å²) in [5, 5.41) is 3.83. The number of hydrogen-bond donors (Lipinski definition) is 1. The molecule has 0 saturated heterocycles. The molecular weight excluding hydrogens is 411 g/mol. The van der Waals surface area contributed by atoms with Crippen LogP contribution in [0.5, 0.6) is 5.75 Å². The smallest absolute Gasteiger partial charge is 0.275 e. The summed E-state index contributed by atoms with van der Waals surface area (Å²) in [5.74, 6) is -0.433. The fraction of sp³-hybridized carbons (Fsp3) is 0.0476. The van der Waals surface area contributed by atoms with Crippen LogP contribution in [0.4, 0.5) is 4.39 Å². The summed E-state index contributed by atoms with van der Waals surface area (Å²) in [6.45, 7) is 0.335. The third kappa shape index (κ3) is 5.24. The molecule has 0 saturated carbocycles. The highest BCUT2D eigenvalue weighted by Gasteiger charge is 2.13. The van der Waals surface area contributed by atoms with Crippen LogP contribution in [0.25, 0.3) is 0 Å². The number of ether oxygens (including phenoxy) is 1. The van der Waals surface area contributed by atoms with E-state index in [2.05, 4.69) is 26.5 Å². The summed E-state index contributed by atoms with van der Waals surface area (Å²) < 4.78 is 20.1. The van der Waals surface area contributed by atoms with Crippen molar-refractivity contribution in [2.24, 2.45) is 5.10 Å². The second-order valence-corrected chi connectivity index (χ2v) is 6.55. The van der Waals surface area contributed by atoms with Crippen molar-refractivity contribution in [2.45, 2.75) is 6.61 Å². The normalized spacial score (nSPS) is 10.7. The highest BCUT2D eigenvalue weighted by molar-refractivity contribution is 9.10. The van der Waals surface area contributed by atoms with E-state index in [1.54, 1.807) is 36.4 Å². The van der Waals surface area contributed by atoms with Gasteiger partial charge in [0.05, 0.1) is 11.8 Å². The van der Waals surface area contributed by atoms with Crippen molar-refractivity contribution in [3.05, 3.63) is 99.8 Å². The van der Waals surface area contributed by atoms with Gasteiger partial charge in [-0.15, -0.1) is 0 Å². The Hall–Kier alpha value is -2.99. The van der Waals surface area contributed by atoms with Gasteiger partial charge in [0, 0.05) is 10.0 Å². The van der Waals surface area contributed by atoms with Gasteiger partial charge in [0.1, 0.15) is 18.2 Å². The number of amides is 1. The van der Waals surface area contributed by atoms with Crippen LogP contribution < -0.4 is 10.2 Å². The molecule has 3 aromatic carbocycles. The fourth-order valence-corrected chi connectivity index (χ4v) is 2.70. The summed E-state index contributed by atoms with van der Waals surface area (Å²) in [6, 6.07) is 21.0. The molecule has 0 bridgehead atoms. The number of carbonyl (C=O) groups excluding carboxylic acids is 1. The average molecular weight is 427 g/mol. The fourth-order valence-electron chi connectivity index (χ4n) is 2.34. The predicted molar refractivity (Wildman–Crippen MR) is 106 cm³/mol. The highest BCUT2D eigenvalue weighted by Crippen LogP contribution is 2.24. The van der Waals surface area contributed by atoms with Gasteiger partial charge in [0.15, 0.2) is 0 Å². The van der Waals surface area contributed by atoms with Gasteiger partial charge >= 0.3 is 0 Å². The molecule has 27 heavy (non-hydrogen) atoms. The molecule has 0 radical (unpaired) electrons. The minimum absolute atomic E-state index is 0.285. The third-order valence-corrected chi connectivity index (χ3v) is 4.19. The quantitative estimate of drug-likeness (QED) is 0.448. The first-order valence-electron chi connectivity index (χ1n) is 8.17. The third-order valence-electron chi connectivity index (χ3n) is 3.70. The zero-order valence-corrected chi connectivity index (χ0v) is 15.8. The summed E-state index contributed by atoms with van der Waals surface area (Å²) in [4.78, 5) is 12.5.